The first-order valence-electron chi connectivity index (χ1n) is 9.45. The first-order chi connectivity index (χ1) is 14.3. The van der Waals surface area contributed by atoms with E-state index in [2.05, 4.69) is 5.32 Å². The number of nitrogens with zero attached hydrogens (tertiary/aromatic N) is 3. The number of hydrogen-bond acceptors (Lipinski definition) is 4. The highest BCUT2D eigenvalue weighted by atomic mass is 35.5. The van der Waals surface area contributed by atoms with Gasteiger partial charge in [0.25, 0.3) is 0 Å². The van der Waals surface area contributed by atoms with Crippen molar-refractivity contribution in [2.24, 2.45) is 5.73 Å². The SMILES string of the molecule is C[C@H](N)C(=O)N1CCn2c(nc(-c3ccc(F)cc3)c2Nc2ccc(Cl)c(F)c2)C1. The second kappa shape index (κ2) is 8.04. The average Bonchev–Trinajstić information content (AvgIpc) is 3.08. The van der Waals surface area contributed by atoms with Crippen LogP contribution in [-0.2, 0) is 17.9 Å². The Labute approximate surface area is 177 Å². The van der Waals surface area contributed by atoms with E-state index in [0.717, 1.165) is 0 Å². The Bertz CT molecular complexity index is 1100. The number of anilines is 2. The molecule has 0 saturated heterocycles. The number of nitrogens with one attached hydrogen (secondary N) is 1. The van der Waals surface area contributed by atoms with Crippen molar-refractivity contribution in [1.29, 1.82) is 0 Å². The Morgan fingerprint density at radius 1 is 1.20 bits per heavy atom. The van der Waals surface area contributed by atoms with Crippen LogP contribution in [0, 0.1) is 11.6 Å². The molecule has 156 valence electrons. The van der Waals surface area contributed by atoms with E-state index in [1.165, 1.54) is 24.3 Å². The second-order valence-corrected chi connectivity index (χ2v) is 7.59. The third-order valence-electron chi connectivity index (χ3n) is 4.97. The molecule has 1 aromatic heterocycles. The summed E-state index contributed by atoms with van der Waals surface area (Å²) in [6.07, 6.45) is 0. The van der Waals surface area contributed by atoms with Crippen LogP contribution in [0.5, 0.6) is 0 Å². The molecule has 1 amide bonds. The van der Waals surface area contributed by atoms with Crippen LogP contribution in [0.4, 0.5) is 20.3 Å². The van der Waals surface area contributed by atoms with E-state index >= 15 is 0 Å². The molecule has 0 aliphatic carbocycles. The molecule has 0 bridgehead atoms. The Morgan fingerprint density at radius 2 is 1.93 bits per heavy atom. The Balaban J connectivity index is 1.76. The predicted octanol–water partition coefficient (Wildman–Crippen LogP) is 3.91. The van der Waals surface area contributed by atoms with Crippen LogP contribution in [0.25, 0.3) is 11.3 Å². The lowest BCUT2D eigenvalue weighted by atomic mass is 10.1. The minimum atomic E-state index is -0.599. The van der Waals surface area contributed by atoms with Gasteiger partial charge in [0, 0.05) is 24.3 Å². The van der Waals surface area contributed by atoms with E-state index in [9.17, 15) is 13.6 Å². The molecule has 30 heavy (non-hydrogen) atoms. The van der Waals surface area contributed by atoms with Crippen molar-refractivity contribution in [2.45, 2.75) is 26.1 Å². The minimum Gasteiger partial charge on any atom is -0.340 e. The number of rotatable bonds is 4. The molecule has 3 aromatic rings. The number of hydrogen-bond donors (Lipinski definition) is 2. The molecule has 2 heterocycles. The van der Waals surface area contributed by atoms with Gasteiger partial charge in [0.15, 0.2) is 0 Å². The molecule has 9 heteroatoms. The molecule has 0 radical (unpaired) electrons. The molecule has 0 unspecified atom stereocenters. The summed E-state index contributed by atoms with van der Waals surface area (Å²) in [6.45, 7) is 2.90. The zero-order valence-electron chi connectivity index (χ0n) is 16.2. The van der Waals surface area contributed by atoms with Gasteiger partial charge in [-0.2, -0.15) is 0 Å². The van der Waals surface area contributed by atoms with Crippen LogP contribution in [0.15, 0.2) is 42.5 Å². The second-order valence-electron chi connectivity index (χ2n) is 7.19. The molecule has 6 nitrogen and oxygen atoms in total. The van der Waals surface area contributed by atoms with Crippen LogP contribution in [0.3, 0.4) is 0 Å². The number of halogens is 3. The van der Waals surface area contributed by atoms with Crippen molar-refractivity contribution >= 4 is 29.0 Å². The third-order valence-corrected chi connectivity index (χ3v) is 5.28. The van der Waals surface area contributed by atoms with Crippen molar-refractivity contribution < 1.29 is 13.6 Å². The highest BCUT2D eigenvalue weighted by Gasteiger charge is 2.28. The number of benzene rings is 2. The molecule has 3 N–H and O–H groups in total. The maximum atomic E-state index is 13.9. The summed E-state index contributed by atoms with van der Waals surface area (Å²) in [5.74, 6) is 0.238. The fraction of sp³-hybridized carbons (Fsp3) is 0.238. The maximum Gasteiger partial charge on any atom is 0.239 e. The number of aromatic nitrogens is 2. The van der Waals surface area contributed by atoms with Crippen LogP contribution >= 0.6 is 11.6 Å². The summed E-state index contributed by atoms with van der Waals surface area (Å²) < 4.78 is 29.3. The van der Waals surface area contributed by atoms with Gasteiger partial charge in [0.05, 0.1) is 17.6 Å². The monoisotopic (exact) mass is 431 g/mol. The summed E-state index contributed by atoms with van der Waals surface area (Å²) in [6, 6.07) is 9.78. The van der Waals surface area contributed by atoms with E-state index in [-0.39, 0.29) is 16.7 Å². The van der Waals surface area contributed by atoms with Gasteiger partial charge in [0.2, 0.25) is 5.91 Å². The van der Waals surface area contributed by atoms with Crippen molar-refractivity contribution in [3.8, 4) is 11.3 Å². The van der Waals surface area contributed by atoms with Gasteiger partial charge in [-0.3, -0.25) is 4.79 Å². The van der Waals surface area contributed by atoms with Crippen molar-refractivity contribution in [1.82, 2.24) is 14.5 Å². The zero-order chi connectivity index (χ0) is 21.4. The highest BCUT2D eigenvalue weighted by molar-refractivity contribution is 6.30. The Morgan fingerprint density at radius 3 is 2.60 bits per heavy atom. The fourth-order valence-corrected chi connectivity index (χ4v) is 3.57. The van der Waals surface area contributed by atoms with Gasteiger partial charge in [-0.25, -0.2) is 13.8 Å². The number of fused-ring (bicyclic) bond motifs is 1. The van der Waals surface area contributed by atoms with Crippen LogP contribution < -0.4 is 11.1 Å². The summed E-state index contributed by atoms with van der Waals surface area (Å²) in [7, 11) is 0. The fourth-order valence-electron chi connectivity index (χ4n) is 3.45. The molecule has 1 atom stereocenters. The van der Waals surface area contributed by atoms with Gasteiger partial charge < -0.3 is 20.5 Å². The summed E-state index contributed by atoms with van der Waals surface area (Å²) in [5.41, 5.74) is 7.51. The lowest BCUT2D eigenvalue weighted by Gasteiger charge is -2.29. The van der Waals surface area contributed by atoms with Crippen molar-refractivity contribution in [3.63, 3.8) is 0 Å². The predicted molar refractivity (Wildman–Crippen MR) is 111 cm³/mol. The van der Waals surface area contributed by atoms with Crippen LogP contribution in [-0.4, -0.2) is 32.9 Å². The number of nitrogens with two attached hydrogens (primary N) is 1. The molecule has 0 saturated carbocycles. The topological polar surface area (TPSA) is 76.2 Å². The Hall–Kier alpha value is -2.97. The van der Waals surface area contributed by atoms with Crippen molar-refractivity contribution in [2.75, 3.05) is 11.9 Å². The van der Waals surface area contributed by atoms with Gasteiger partial charge in [-0.1, -0.05) is 11.6 Å². The lowest BCUT2D eigenvalue weighted by molar-refractivity contribution is -0.133. The van der Waals surface area contributed by atoms with Crippen molar-refractivity contribution in [3.05, 3.63) is 64.9 Å². The smallest absolute Gasteiger partial charge is 0.239 e. The van der Waals surface area contributed by atoms with Crippen LogP contribution in [0.1, 0.15) is 12.7 Å². The van der Waals surface area contributed by atoms with Gasteiger partial charge >= 0.3 is 0 Å². The van der Waals surface area contributed by atoms with E-state index in [0.29, 0.717) is 48.2 Å². The molecular formula is C21H20ClF2N5O. The summed E-state index contributed by atoms with van der Waals surface area (Å²) in [5, 5.41) is 3.24. The highest BCUT2D eigenvalue weighted by Crippen LogP contribution is 2.34. The van der Waals surface area contributed by atoms with E-state index in [1.54, 1.807) is 30.0 Å². The molecule has 4 rings (SSSR count). The lowest BCUT2D eigenvalue weighted by Crippen LogP contribution is -2.45. The van der Waals surface area contributed by atoms with Gasteiger partial charge in [0.1, 0.15) is 29.0 Å². The number of amides is 1. The van der Waals surface area contributed by atoms with E-state index in [1.807, 2.05) is 4.57 Å². The first kappa shape index (κ1) is 20.3. The largest absolute Gasteiger partial charge is 0.340 e. The first-order valence-corrected chi connectivity index (χ1v) is 9.83. The molecule has 1 aliphatic rings. The standard InChI is InChI=1S/C21H20ClF2N5O/c1-12(25)21(30)28-8-9-29-18(11-28)27-19(13-2-4-14(23)5-3-13)20(29)26-15-6-7-16(22)17(24)10-15/h2-7,10,12,26H,8-9,11,25H2,1H3/t12-/m0/s1. The number of imidazole rings is 1. The summed E-state index contributed by atoms with van der Waals surface area (Å²) in [4.78, 5) is 18.7. The van der Waals surface area contributed by atoms with Gasteiger partial charge in [-0.15, -0.1) is 0 Å². The Kier molecular flexibility index (Phi) is 5.44. The quantitative estimate of drug-likeness (QED) is 0.656. The summed E-state index contributed by atoms with van der Waals surface area (Å²) >= 11 is 5.79. The molecule has 0 spiro atoms. The molecular weight excluding hydrogens is 412 g/mol. The molecule has 1 aliphatic heterocycles. The normalized spacial score (nSPS) is 14.4. The maximum absolute atomic E-state index is 13.9. The average molecular weight is 432 g/mol. The number of carbonyl (C=O) groups is 1. The van der Waals surface area contributed by atoms with Gasteiger partial charge in [-0.05, 0) is 49.4 Å². The third kappa shape index (κ3) is 3.88. The van der Waals surface area contributed by atoms with E-state index < -0.39 is 11.9 Å². The van der Waals surface area contributed by atoms with Crippen LogP contribution in [0.2, 0.25) is 5.02 Å². The molecule has 2 aromatic carbocycles. The zero-order valence-corrected chi connectivity index (χ0v) is 17.0. The minimum absolute atomic E-state index is 0.0275. The number of carbonyl (C=O) groups excluding carboxylic acids is 1. The molecule has 0 fully saturated rings. The van der Waals surface area contributed by atoms with E-state index in [4.69, 9.17) is 22.3 Å².